The number of carbonyl (C=O) groups excluding carboxylic acids is 1. The van der Waals surface area contributed by atoms with Gasteiger partial charge in [0.2, 0.25) is 11.1 Å². The average molecular weight is 376 g/mol. The monoisotopic (exact) mass is 375 g/mol. The van der Waals surface area contributed by atoms with Gasteiger partial charge < -0.3 is 5.32 Å². The molecule has 1 heterocycles. The van der Waals surface area contributed by atoms with Gasteiger partial charge in [-0.05, 0) is 86.5 Å². The van der Waals surface area contributed by atoms with Gasteiger partial charge in [-0.2, -0.15) is 0 Å². The number of nitrogens with one attached hydrogen (secondary N) is 1. The van der Waals surface area contributed by atoms with Crippen molar-refractivity contribution in [1.29, 1.82) is 0 Å². The maximum atomic E-state index is 13.0. The van der Waals surface area contributed by atoms with Gasteiger partial charge in [0, 0.05) is 5.54 Å². The molecule has 1 amide bonds. The van der Waals surface area contributed by atoms with E-state index < -0.39 is 0 Å². The second kappa shape index (κ2) is 6.50. The first-order valence-electron chi connectivity index (χ1n) is 10.4. The summed E-state index contributed by atoms with van der Waals surface area (Å²) in [5.74, 6) is 2.70. The largest absolute Gasteiger partial charge is 0.350 e. The van der Waals surface area contributed by atoms with Crippen LogP contribution < -0.4 is 5.32 Å². The number of amides is 1. The first kappa shape index (κ1) is 17.0. The Kier molecular flexibility index (Phi) is 4.25. The molecule has 6 rings (SSSR count). The molecular formula is C19H29N5OS. The molecule has 5 aliphatic rings. The van der Waals surface area contributed by atoms with Gasteiger partial charge in [-0.1, -0.05) is 24.6 Å². The molecule has 142 valence electrons. The summed E-state index contributed by atoms with van der Waals surface area (Å²) in [5.41, 5.74) is 0.0814. The molecule has 7 heteroatoms. The standard InChI is InChI=1S/C19H29N5OS/c1-12(26-18-21-22-23-24(18)16-4-2-3-5-16)17(25)20-19-9-13-6-14(10-19)8-15(7-13)11-19/h12-16H,2-11H2,1H3,(H,20,25). The molecule has 5 aliphatic carbocycles. The quantitative estimate of drug-likeness (QED) is 0.799. The Morgan fingerprint density at radius 3 is 2.38 bits per heavy atom. The summed E-state index contributed by atoms with van der Waals surface area (Å²) >= 11 is 1.52. The van der Waals surface area contributed by atoms with E-state index in [1.807, 2.05) is 11.6 Å². The molecule has 4 bridgehead atoms. The van der Waals surface area contributed by atoms with Gasteiger partial charge in [-0.25, -0.2) is 4.68 Å². The molecule has 5 saturated carbocycles. The maximum absolute atomic E-state index is 13.0. The van der Waals surface area contributed by atoms with E-state index in [1.165, 1.54) is 63.1 Å². The van der Waals surface area contributed by atoms with Crippen LogP contribution in [0, 0.1) is 17.8 Å². The van der Waals surface area contributed by atoms with Crippen molar-refractivity contribution in [3.8, 4) is 0 Å². The lowest BCUT2D eigenvalue weighted by molar-refractivity contribution is -0.126. The Hall–Kier alpha value is -1.11. The van der Waals surface area contributed by atoms with Gasteiger partial charge in [-0.3, -0.25) is 4.79 Å². The van der Waals surface area contributed by atoms with Crippen LogP contribution in [0.3, 0.4) is 0 Å². The van der Waals surface area contributed by atoms with Crippen molar-refractivity contribution in [3.63, 3.8) is 0 Å². The van der Waals surface area contributed by atoms with Crippen molar-refractivity contribution in [2.45, 2.75) is 93.1 Å². The Morgan fingerprint density at radius 1 is 1.15 bits per heavy atom. The number of aromatic nitrogens is 4. The first-order valence-corrected chi connectivity index (χ1v) is 11.2. The van der Waals surface area contributed by atoms with Crippen molar-refractivity contribution < 1.29 is 4.79 Å². The van der Waals surface area contributed by atoms with Gasteiger partial charge >= 0.3 is 0 Å². The van der Waals surface area contributed by atoms with Crippen LogP contribution in [0.15, 0.2) is 5.16 Å². The molecule has 1 atom stereocenters. The predicted molar refractivity (Wildman–Crippen MR) is 99.7 cm³/mol. The van der Waals surface area contributed by atoms with E-state index in [9.17, 15) is 4.79 Å². The van der Waals surface area contributed by atoms with E-state index in [0.29, 0.717) is 6.04 Å². The molecule has 0 spiro atoms. The SMILES string of the molecule is CC(Sc1nnnn1C1CCCC1)C(=O)NC12CC3CC(CC(C3)C1)C2. The Bertz CT molecular complexity index is 648. The normalized spacial score (nSPS) is 37.2. The summed E-state index contributed by atoms with van der Waals surface area (Å²) in [7, 11) is 0. The molecule has 0 aromatic carbocycles. The number of nitrogens with zero attached hydrogens (tertiary/aromatic N) is 4. The molecule has 1 aromatic heterocycles. The van der Waals surface area contributed by atoms with E-state index in [-0.39, 0.29) is 16.7 Å². The Labute approximate surface area is 159 Å². The van der Waals surface area contributed by atoms with Gasteiger partial charge in [0.05, 0.1) is 11.3 Å². The van der Waals surface area contributed by atoms with Crippen molar-refractivity contribution in [2.24, 2.45) is 17.8 Å². The Balaban J connectivity index is 1.24. The van der Waals surface area contributed by atoms with Crippen LogP contribution in [-0.2, 0) is 4.79 Å². The van der Waals surface area contributed by atoms with Crippen LogP contribution in [-0.4, -0.2) is 36.9 Å². The van der Waals surface area contributed by atoms with Crippen LogP contribution >= 0.6 is 11.8 Å². The second-order valence-electron chi connectivity index (χ2n) is 9.29. The predicted octanol–water partition coefficient (Wildman–Crippen LogP) is 3.35. The molecule has 1 aromatic rings. The molecule has 26 heavy (non-hydrogen) atoms. The lowest BCUT2D eigenvalue weighted by atomic mass is 9.53. The number of tetrazole rings is 1. The zero-order chi connectivity index (χ0) is 17.7. The molecule has 1 N–H and O–H groups in total. The summed E-state index contributed by atoms with van der Waals surface area (Å²) in [5, 5.41) is 16.4. The lowest BCUT2D eigenvalue weighted by Gasteiger charge is -2.57. The molecule has 0 saturated heterocycles. The maximum Gasteiger partial charge on any atom is 0.233 e. The zero-order valence-corrected chi connectivity index (χ0v) is 16.4. The van der Waals surface area contributed by atoms with Crippen molar-refractivity contribution in [3.05, 3.63) is 0 Å². The van der Waals surface area contributed by atoms with E-state index in [2.05, 4.69) is 20.8 Å². The fourth-order valence-electron chi connectivity index (χ4n) is 6.48. The highest BCUT2D eigenvalue weighted by Crippen LogP contribution is 2.55. The minimum absolute atomic E-state index is 0.0814. The lowest BCUT2D eigenvalue weighted by Crippen LogP contribution is -2.60. The van der Waals surface area contributed by atoms with Crippen LogP contribution in [0.1, 0.15) is 77.2 Å². The highest BCUT2D eigenvalue weighted by atomic mass is 32.2. The van der Waals surface area contributed by atoms with Gasteiger partial charge in [0.25, 0.3) is 0 Å². The van der Waals surface area contributed by atoms with Crippen LogP contribution in [0.25, 0.3) is 0 Å². The minimum Gasteiger partial charge on any atom is -0.350 e. The average Bonchev–Trinajstić information content (AvgIpc) is 3.23. The number of thioether (sulfide) groups is 1. The van der Waals surface area contributed by atoms with E-state index in [1.54, 1.807) is 0 Å². The summed E-state index contributed by atoms with van der Waals surface area (Å²) in [6.45, 7) is 1.99. The van der Waals surface area contributed by atoms with Gasteiger partial charge in [0.15, 0.2) is 0 Å². The number of carbonyl (C=O) groups is 1. The second-order valence-corrected chi connectivity index (χ2v) is 10.6. The zero-order valence-electron chi connectivity index (χ0n) is 15.6. The van der Waals surface area contributed by atoms with Crippen molar-refractivity contribution in [1.82, 2.24) is 25.5 Å². The Morgan fingerprint density at radius 2 is 1.77 bits per heavy atom. The van der Waals surface area contributed by atoms with E-state index >= 15 is 0 Å². The van der Waals surface area contributed by atoms with Gasteiger partial charge in [0.1, 0.15) is 0 Å². The van der Waals surface area contributed by atoms with E-state index in [0.717, 1.165) is 35.8 Å². The third-order valence-corrected chi connectivity index (χ3v) is 8.26. The fraction of sp³-hybridized carbons (Fsp3) is 0.895. The first-order chi connectivity index (χ1) is 12.6. The van der Waals surface area contributed by atoms with Gasteiger partial charge in [-0.15, -0.1) is 5.10 Å². The number of hydrogen-bond acceptors (Lipinski definition) is 5. The smallest absolute Gasteiger partial charge is 0.233 e. The molecule has 0 radical (unpaired) electrons. The van der Waals surface area contributed by atoms with E-state index in [4.69, 9.17) is 0 Å². The molecule has 6 nitrogen and oxygen atoms in total. The van der Waals surface area contributed by atoms with Crippen LogP contribution in [0.5, 0.6) is 0 Å². The molecule has 0 aliphatic heterocycles. The number of rotatable bonds is 5. The van der Waals surface area contributed by atoms with Crippen molar-refractivity contribution >= 4 is 17.7 Å². The summed E-state index contributed by atoms with van der Waals surface area (Å²) in [6.07, 6.45) is 12.6. The molecule has 5 fully saturated rings. The number of hydrogen-bond donors (Lipinski definition) is 1. The van der Waals surface area contributed by atoms with Crippen LogP contribution in [0.4, 0.5) is 0 Å². The third-order valence-electron chi connectivity index (χ3n) is 7.21. The third kappa shape index (κ3) is 3.06. The topological polar surface area (TPSA) is 72.7 Å². The molecule has 1 unspecified atom stereocenters. The highest BCUT2D eigenvalue weighted by Gasteiger charge is 2.51. The summed E-state index contributed by atoms with van der Waals surface area (Å²) in [4.78, 5) is 13.0. The summed E-state index contributed by atoms with van der Waals surface area (Å²) < 4.78 is 1.95. The fourth-order valence-corrected chi connectivity index (χ4v) is 7.34. The van der Waals surface area contributed by atoms with Crippen molar-refractivity contribution in [2.75, 3.05) is 0 Å². The summed E-state index contributed by atoms with van der Waals surface area (Å²) in [6, 6.07) is 0.408. The highest BCUT2D eigenvalue weighted by molar-refractivity contribution is 8.00. The minimum atomic E-state index is -0.158. The van der Waals surface area contributed by atoms with Crippen LogP contribution in [0.2, 0.25) is 0 Å². The molecular weight excluding hydrogens is 346 g/mol.